The van der Waals surface area contributed by atoms with Gasteiger partial charge in [-0.3, -0.25) is 0 Å². The predicted octanol–water partition coefficient (Wildman–Crippen LogP) is 3.82. The molecule has 2 aromatic rings. The third-order valence-corrected chi connectivity index (χ3v) is 3.75. The molecular weight excluding hydrogens is 334 g/mol. The fourth-order valence-corrected chi connectivity index (χ4v) is 2.73. The first-order chi connectivity index (χ1) is 12.3. The molecule has 6 heteroatoms. The van der Waals surface area contributed by atoms with Crippen LogP contribution in [0.15, 0.2) is 41.6 Å². The smallest absolute Gasteiger partial charge is 0.339 e. The van der Waals surface area contributed by atoms with E-state index in [2.05, 4.69) is 5.16 Å². The summed E-state index contributed by atoms with van der Waals surface area (Å²) >= 11 is 0. The molecule has 0 bridgehead atoms. The number of esters is 2. The van der Waals surface area contributed by atoms with Crippen LogP contribution in [0.3, 0.4) is 0 Å². The number of carbonyl (C=O) groups excluding carboxylic acids is 2. The molecular formula is C20H19NO5. The largest absolute Gasteiger partial charge is 0.465 e. The minimum absolute atomic E-state index is 0.128. The van der Waals surface area contributed by atoms with Crippen molar-refractivity contribution >= 4 is 18.2 Å². The van der Waals surface area contributed by atoms with Gasteiger partial charge in [-0.25, -0.2) is 9.59 Å². The molecule has 0 saturated heterocycles. The minimum Gasteiger partial charge on any atom is -0.465 e. The molecule has 0 radical (unpaired) electrons. The molecule has 0 saturated carbocycles. The molecule has 0 unspecified atom stereocenters. The Hall–Kier alpha value is -3.15. The van der Waals surface area contributed by atoms with Crippen LogP contribution in [-0.2, 0) is 9.47 Å². The molecule has 26 heavy (non-hydrogen) atoms. The van der Waals surface area contributed by atoms with E-state index in [1.807, 2.05) is 6.07 Å². The number of methoxy groups -OCH3 is 1. The highest BCUT2D eigenvalue weighted by Crippen LogP contribution is 2.38. The van der Waals surface area contributed by atoms with Crippen LogP contribution in [0.4, 0.5) is 0 Å². The number of hydrogen-bond acceptors (Lipinski definition) is 6. The predicted molar refractivity (Wildman–Crippen MR) is 96.6 cm³/mol. The molecule has 134 valence electrons. The van der Waals surface area contributed by atoms with Crippen LogP contribution in [0.5, 0.6) is 5.75 Å². The average Bonchev–Trinajstić information content (AvgIpc) is 2.78. The molecule has 3 rings (SSSR count). The van der Waals surface area contributed by atoms with Gasteiger partial charge in [0.1, 0.15) is 5.60 Å². The minimum atomic E-state index is -0.695. The van der Waals surface area contributed by atoms with E-state index in [4.69, 9.17) is 14.3 Å². The third-order valence-electron chi connectivity index (χ3n) is 3.75. The molecule has 0 N–H and O–H groups in total. The molecule has 0 atom stereocenters. The SMILES string of the molecule is COC(=O)c1c(C(=O)OC(C)(C)C)ccc2c1-c1ccccc1ON=C2. The fourth-order valence-electron chi connectivity index (χ4n) is 2.73. The highest BCUT2D eigenvalue weighted by atomic mass is 16.6. The summed E-state index contributed by atoms with van der Waals surface area (Å²) in [4.78, 5) is 30.7. The Morgan fingerprint density at radius 2 is 1.77 bits per heavy atom. The van der Waals surface area contributed by atoms with Crippen LogP contribution in [0.1, 0.15) is 47.1 Å². The summed E-state index contributed by atoms with van der Waals surface area (Å²) in [6.07, 6.45) is 1.50. The average molecular weight is 353 g/mol. The molecule has 0 aliphatic carbocycles. The summed E-state index contributed by atoms with van der Waals surface area (Å²) in [6.45, 7) is 5.30. The van der Waals surface area contributed by atoms with Crippen molar-refractivity contribution in [2.75, 3.05) is 7.11 Å². The van der Waals surface area contributed by atoms with Crippen molar-refractivity contribution < 1.29 is 23.9 Å². The Morgan fingerprint density at radius 1 is 1.04 bits per heavy atom. The first kappa shape index (κ1) is 17.7. The van der Waals surface area contributed by atoms with Gasteiger partial charge in [0, 0.05) is 16.7 Å². The number of carbonyl (C=O) groups is 2. The van der Waals surface area contributed by atoms with Gasteiger partial charge >= 0.3 is 11.9 Å². The van der Waals surface area contributed by atoms with Gasteiger partial charge in [-0.15, -0.1) is 0 Å². The summed E-state index contributed by atoms with van der Waals surface area (Å²) in [5.74, 6) is -0.748. The molecule has 0 spiro atoms. The second kappa shape index (κ2) is 6.63. The zero-order chi connectivity index (χ0) is 18.9. The third kappa shape index (κ3) is 3.31. The standard InChI is InChI=1S/C20H19NO5/c1-20(2,3)25-18(22)14-10-9-12-11-21-26-15-8-6-5-7-13(15)16(12)17(14)19(23)24-4/h5-11H,1-4H3. The molecule has 0 amide bonds. The number of benzene rings is 2. The molecule has 1 aliphatic heterocycles. The van der Waals surface area contributed by atoms with Gasteiger partial charge in [-0.2, -0.15) is 0 Å². The summed E-state index contributed by atoms with van der Waals surface area (Å²) in [7, 11) is 1.27. The van der Waals surface area contributed by atoms with Gasteiger partial charge in [0.05, 0.1) is 24.5 Å². The molecule has 6 nitrogen and oxygen atoms in total. The fraction of sp³-hybridized carbons (Fsp3) is 0.250. The number of oxime groups is 1. The topological polar surface area (TPSA) is 74.2 Å². The van der Waals surface area contributed by atoms with Crippen LogP contribution in [-0.4, -0.2) is 30.9 Å². The number of fused-ring (bicyclic) bond motifs is 3. The van der Waals surface area contributed by atoms with Crippen LogP contribution in [0.25, 0.3) is 11.1 Å². The molecule has 2 aromatic carbocycles. The van der Waals surface area contributed by atoms with Crippen molar-refractivity contribution in [3.63, 3.8) is 0 Å². The van der Waals surface area contributed by atoms with Crippen molar-refractivity contribution in [2.24, 2.45) is 5.16 Å². The second-order valence-electron chi connectivity index (χ2n) is 6.77. The molecule has 1 heterocycles. The Morgan fingerprint density at radius 3 is 2.46 bits per heavy atom. The summed E-state index contributed by atoms with van der Waals surface area (Å²) in [6, 6.07) is 10.4. The maximum Gasteiger partial charge on any atom is 0.339 e. The van der Waals surface area contributed by atoms with E-state index >= 15 is 0 Å². The summed E-state index contributed by atoms with van der Waals surface area (Å²) in [5.41, 5.74) is 1.38. The van der Waals surface area contributed by atoms with Crippen LogP contribution >= 0.6 is 0 Å². The number of nitrogens with zero attached hydrogens (tertiary/aromatic N) is 1. The van der Waals surface area contributed by atoms with Crippen LogP contribution < -0.4 is 4.84 Å². The van der Waals surface area contributed by atoms with E-state index in [1.165, 1.54) is 13.3 Å². The molecule has 0 aromatic heterocycles. The van der Waals surface area contributed by atoms with Crippen molar-refractivity contribution in [3.8, 4) is 16.9 Å². The van der Waals surface area contributed by atoms with Gasteiger partial charge in [0.25, 0.3) is 0 Å². The van der Waals surface area contributed by atoms with E-state index < -0.39 is 17.5 Å². The van der Waals surface area contributed by atoms with Crippen molar-refractivity contribution in [1.82, 2.24) is 0 Å². The lowest BCUT2D eigenvalue weighted by molar-refractivity contribution is 0.00653. The highest BCUT2D eigenvalue weighted by Gasteiger charge is 2.29. The van der Waals surface area contributed by atoms with Gasteiger partial charge in [-0.05, 0) is 32.9 Å². The van der Waals surface area contributed by atoms with Gasteiger partial charge in [-0.1, -0.05) is 29.4 Å². The number of ether oxygens (including phenoxy) is 2. The van der Waals surface area contributed by atoms with Crippen LogP contribution in [0, 0.1) is 0 Å². The molecule has 0 fully saturated rings. The highest BCUT2D eigenvalue weighted by molar-refractivity contribution is 6.11. The lowest BCUT2D eigenvalue weighted by atomic mass is 9.90. The second-order valence-corrected chi connectivity index (χ2v) is 6.77. The first-order valence-corrected chi connectivity index (χ1v) is 8.10. The first-order valence-electron chi connectivity index (χ1n) is 8.10. The zero-order valence-electron chi connectivity index (χ0n) is 15.0. The number of para-hydroxylation sites is 1. The number of hydrogen-bond donors (Lipinski definition) is 0. The monoisotopic (exact) mass is 353 g/mol. The quantitative estimate of drug-likeness (QED) is 0.767. The van der Waals surface area contributed by atoms with Gasteiger partial charge in [0.2, 0.25) is 0 Å². The Balaban J connectivity index is 2.29. The Bertz CT molecular complexity index is 909. The lowest BCUT2D eigenvalue weighted by Gasteiger charge is -2.21. The normalized spacial score (nSPS) is 12.3. The molecule has 1 aliphatic rings. The van der Waals surface area contributed by atoms with Crippen molar-refractivity contribution in [3.05, 3.63) is 53.1 Å². The van der Waals surface area contributed by atoms with Gasteiger partial charge in [0.15, 0.2) is 5.75 Å². The van der Waals surface area contributed by atoms with Gasteiger partial charge < -0.3 is 14.3 Å². The van der Waals surface area contributed by atoms with Crippen LogP contribution in [0.2, 0.25) is 0 Å². The maximum absolute atomic E-state index is 12.7. The van der Waals surface area contributed by atoms with E-state index in [-0.39, 0.29) is 11.1 Å². The van der Waals surface area contributed by atoms with E-state index in [9.17, 15) is 9.59 Å². The number of rotatable bonds is 2. The maximum atomic E-state index is 12.7. The summed E-state index contributed by atoms with van der Waals surface area (Å²) in [5, 5.41) is 3.92. The van der Waals surface area contributed by atoms with Crippen molar-refractivity contribution in [1.29, 1.82) is 0 Å². The van der Waals surface area contributed by atoms with E-state index in [0.29, 0.717) is 22.4 Å². The van der Waals surface area contributed by atoms with E-state index in [0.717, 1.165) is 0 Å². The zero-order valence-corrected chi connectivity index (χ0v) is 15.0. The van der Waals surface area contributed by atoms with E-state index in [1.54, 1.807) is 51.1 Å². The Kier molecular flexibility index (Phi) is 4.50. The Labute approximate surface area is 151 Å². The lowest BCUT2D eigenvalue weighted by Crippen LogP contribution is -2.25. The van der Waals surface area contributed by atoms with Crippen molar-refractivity contribution in [2.45, 2.75) is 26.4 Å². The summed E-state index contributed by atoms with van der Waals surface area (Å²) < 4.78 is 10.4.